The fourth-order valence-electron chi connectivity index (χ4n) is 5.50. The summed E-state index contributed by atoms with van der Waals surface area (Å²) in [5, 5.41) is 13.9. The quantitative estimate of drug-likeness (QED) is 0.770. The van der Waals surface area contributed by atoms with E-state index in [4.69, 9.17) is 0 Å². The fraction of sp³-hybridized carbons (Fsp3) is 0.417. The number of carbonyl (C=O) groups is 2. The van der Waals surface area contributed by atoms with E-state index in [-0.39, 0.29) is 11.7 Å². The average Bonchev–Trinajstić information content (AvgIpc) is 3.31. The Hall–Kier alpha value is -2.50. The summed E-state index contributed by atoms with van der Waals surface area (Å²) in [6.45, 7) is 2.15. The number of Topliss-reactive ketones (excluding diaryl/α,β-unsaturated/α-hetero) is 1. The maximum Gasteiger partial charge on any atom is 0.228 e. The Morgan fingerprint density at radius 2 is 1.83 bits per heavy atom. The molecule has 29 heavy (non-hydrogen) atoms. The summed E-state index contributed by atoms with van der Waals surface area (Å²) < 4.78 is 0. The molecule has 150 valence electrons. The van der Waals surface area contributed by atoms with Crippen molar-refractivity contribution >= 4 is 17.4 Å². The second-order valence-electron chi connectivity index (χ2n) is 9.03. The van der Waals surface area contributed by atoms with E-state index in [1.165, 1.54) is 5.56 Å². The number of benzene rings is 2. The minimum absolute atomic E-state index is 0.0139. The Morgan fingerprint density at radius 1 is 1.10 bits per heavy atom. The van der Waals surface area contributed by atoms with Gasteiger partial charge in [-0.25, -0.2) is 0 Å². The zero-order valence-corrected chi connectivity index (χ0v) is 16.4. The first-order valence-electron chi connectivity index (χ1n) is 10.4. The summed E-state index contributed by atoms with van der Waals surface area (Å²) in [6, 6.07) is 15.7. The van der Waals surface area contributed by atoms with Crippen LogP contribution in [0.2, 0.25) is 0 Å². The van der Waals surface area contributed by atoms with E-state index in [0.717, 1.165) is 37.2 Å². The molecule has 1 saturated heterocycles. The molecular weight excluding hydrogens is 364 g/mol. The molecule has 2 atom stereocenters. The molecule has 2 unspecified atom stereocenters. The number of carbonyl (C=O) groups excluding carboxylic acids is 2. The van der Waals surface area contributed by atoms with Gasteiger partial charge in [0.05, 0.1) is 18.6 Å². The number of rotatable bonds is 5. The third-order valence-electron chi connectivity index (χ3n) is 6.73. The van der Waals surface area contributed by atoms with Crippen molar-refractivity contribution < 1.29 is 14.7 Å². The third-order valence-corrected chi connectivity index (χ3v) is 6.73. The van der Waals surface area contributed by atoms with Crippen LogP contribution in [0.15, 0.2) is 48.5 Å². The highest BCUT2D eigenvalue weighted by atomic mass is 16.3. The number of nitrogens with zero attached hydrogens (tertiary/aromatic N) is 1. The van der Waals surface area contributed by atoms with Crippen LogP contribution in [0.4, 0.5) is 5.69 Å². The van der Waals surface area contributed by atoms with Gasteiger partial charge in [-0.3, -0.25) is 14.5 Å². The van der Waals surface area contributed by atoms with E-state index in [1.807, 2.05) is 36.4 Å². The van der Waals surface area contributed by atoms with E-state index in [9.17, 15) is 14.7 Å². The zero-order chi connectivity index (χ0) is 20.0. The predicted octanol–water partition coefficient (Wildman–Crippen LogP) is 2.68. The number of likely N-dealkylation sites (tertiary alicyclic amines) is 1. The SMILES string of the molecule is O=C1Cc2cc(C(=O)CN3CC4CC(O)(Cc5ccccc5)CC4C3)ccc2N1. The highest BCUT2D eigenvalue weighted by Crippen LogP contribution is 2.45. The van der Waals surface area contributed by atoms with Crippen molar-refractivity contribution in [1.29, 1.82) is 0 Å². The van der Waals surface area contributed by atoms with Gasteiger partial charge in [-0.15, -0.1) is 0 Å². The first kappa shape index (κ1) is 18.5. The molecule has 2 aromatic rings. The number of amides is 1. The maximum atomic E-state index is 12.8. The number of hydrogen-bond acceptors (Lipinski definition) is 4. The molecule has 2 aliphatic heterocycles. The smallest absolute Gasteiger partial charge is 0.228 e. The molecule has 0 aromatic heterocycles. The predicted molar refractivity (Wildman–Crippen MR) is 111 cm³/mol. The summed E-state index contributed by atoms with van der Waals surface area (Å²) >= 11 is 0. The summed E-state index contributed by atoms with van der Waals surface area (Å²) in [5.74, 6) is 1.00. The van der Waals surface area contributed by atoms with Crippen molar-refractivity contribution in [3.05, 3.63) is 65.2 Å². The zero-order valence-electron chi connectivity index (χ0n) is 16.4. The molecular formula is C24H26N2O3. The van der Waals surface area contributed by atoms with E-state index in [2.05, 4.69) is 22.3 Å². The van der Waals surface area contributed by atoms with Gasteiger partial charge in [0, 0.05) is 30.8 Å². The maximum absolute atomic E-state index is 12.8. The van der Waals surface area contributed by atoms with E-state index < -0.39 is 5.60 Å². The molecule has 1 saturated carbocycles. The summed E-state index contributed by atoms with van der Waals surface area (Å²) in [5.41, 5.74) is 2.97. The number of hydrogen-bond donors (Lipinski definition) is 2. The fourth-order valence-corrected chi connectivity index (χ4v) is 5.50. The van der Waals surface area contributed by atoms with Crippen molar-refractivity contribution in [3.8, 4) is 0 Å². The third kappa shape index (κ3) is 3.72. The molecule has 2 N–H and O–H groups in total. The minimum Gasteiger partial charge on any atom is -0.390 e. The van der Waals surface area contributed by atoms with Gasteiger partial charge in [0.2, 0.25) is 5.91 Å². The normalized spacial score (nSPS) is 28.2. The second-order valence-corrected chi connectivity index (χ2v) is 9.03. The molecule has 5 heteroatoms. The molecule has 2 fully saturated rings. The number of ketones is 1. The average molecular weight is 390 g/mol. The van der Waals surface area contributed by atoms with E-state index >= 15 is 0 Å². The molecule has 0 radical (unpaired) electrons. The second kappa shape index (κ2) is 7.08. The molecule has 5 nitrogen and oxygen atoms in total. The summed E-state index contributed by atoms with van der Waals surface area (Å²) in [4.78, 5) is 26.5. The van der Waals surface area contributed by atoms with Crippen LogP contribution >= 0.6 is 0 Å². The largest absolute Gasteiger partial charge is 0.390 e. The molecule has 0 bridgehead atoms. The van der Waals surface area contributed by atoms with Crippen LogP contribution in [0, 0.1) is 11.8 Å². The van der Waals surface area contributed by atoms with Crippen molar-refractivity contribution in [3.63, 3.8) is 0 Å². The van der Waals surface area contributed by atoms with Gasteiger partial charge in [0.15, 0.2) is 5.78 Å². The lowest BCUT2D eigenvalue weighted by Crippen LogP contribution is -2.34. The van der Waals surface area contributed by atoms with Crippen LogP contribution < -0.4 is 5.32 Å². The molecule has 3 aliphatic rings. The van der Waals surface area contributed by atoms with Crippen LogP contribution in [0.1, 0.15) is 34.3 Å². The number of fused-ring (bicyclic) bond motifs is 2. The van der Waals surface area contributed by atoms with Crippen LogP contribution in [0.5, 0.6) is 0 Å². The Balaban J connectivity index is 1.18. The van der Waals surface area contributed by atoms with Gasteiger partial charge in [-0.05, 0) is 54.0 Å². The standard InChI is InChI=1S/C24H26N2O3/c27-22(17-6-7-21-18(8-17)9-23(28)25-21)15-26-13-19-11-24(29,12-20(19)14-26)10-16-4-2-1-3-5-16/h1-8,19-20,29H,9-15H2,(H,25,28). The highest BCUT2D eigenvalue weighted by Gasteiger charge is 2.48. The molecule has 1 amide bonds. The van der Waals surface area contributed by atoms with Crippen molar-refractivity contribution in [2.45, 2.75) is 31.3 Å². The van der Waals surface area contributed by atoms with Crippen molar-refractivity contribution in [2.24, 2.45) is 11.8 Å². The molecule has 2 heterocycles. The van der Waals surface area contributed by atoms with Gasteiger partial charge >= 0.3 is 0 Å². The number of aliphatic hydroxyl groups is 1. The molecule has 2 aromatic carbocycles. The first-order chi connectivity index (χ1) is 14.0. The number of nitrogens with one attached hydrogen (secondary N) is 1. The van der Waals surface area contributed by atoms with Gasteiger partial charge in [-0.1, -0.05) is 30.3 Å². The Bertz CT molecular complexity index is 942. The lowest BCUT2D eigenvalue weighted by molar-refractivity contribution is -0.115. The van der Waals surface area contributed by atoms with Gasteiger partial charge < -0.3 is 10.4 Å². The van der Waals surface area contributed by atoms with Crippen LogP contribution in [0.3, 0.4) is 0 Å². The lowest BCUT2D eigenvalue weighted by atomic mass is 9.91. The topological polar surface area (TPSA) is 69.6 Å². The molecule has 1 aliphatic carbocycles. The molecule has 0 spiro atoms. The van der Waals surface area contributed by atoms with Gasteiger partial charge in [0.25, 0.3) is 0 Å². The number of anilines is 1. The summed E-state index contributed by atoms with van der Waals surface area (Å²) in [7, 11) is 0. The lowest BCUT2D eigenvalue weighted by Gasteiger charge is -2.26. The Kier molecular flexibility index (Phi) is 4.52. The minimum atomic E-state index is -0.619. The van der Waals surface area contributed by atoms with Crippen LogP contribution in [-0.2, 0) is 17.6 Å². The Labute approximate surface area is 170 Å². The van der Waals surface area contributed by atoms with Crippen LogP contribution in [0.25, 0.3) is 0 Å². The van der Waals surface area contributed by atoms with Gasteiger partial charge in [0.1, 0.15) is 0 Å². The Morgan fingerprint density at radius 3 is 2.55 bits per heavy atom. The highest BCUT2D eigenvalue weighted by molar-refractivity contribution is 6.02. The van der Waals surface area contributed by atoms with Crippen molar-refractivity contribution in [1.82, 2.24) is 4.90 Å². The summed E-state index contributed by atoms with van der Waals surface area (Å²) in [6.07, 6.45) is 2.68. The van der Waals surface area contributed by atoms with E-state index in [0.29, 0.717) is 36.8 Å². The monoisotopic (exact) mass is 390 g/mol. The van der Waals surface area contributed by atoms with Crippen LogP contribution in [-0.4, -0.2) is 46.9 Å². The molecule has 5 rings (SSSR count). The van der Waals surface area contributed by atoms with Crippen molar-refractivity contribution in [2.75, 3.05) is 25.0 Å². The van der Waals surface area contributed by atoms with E-state index in [1.54, 1.807) is 0 Å². The first-order valence-corrected chi connectivity index (χ1v) is 10.4. The van der Waals surface area contributed by atoms with Gasteiger partial charge in [-0.2, -0.15) is 0 Å².